The van der Waals surface area contributed by atoms with Crippen molar-refractivity contribution in [1.29, 1.82) is 0 Å². The number of ether oxygens (including phenoxy) is 2. The third-order valence-electron chi connectivity index (χ3n) is 6.07. The van der Waals surface area contributed by atoms with Gasteiger partial charge in [0.15, 0.2) is 11.6 Å². The van der Waals surface area contributed by atoms with Gasteiger partial charge in [0.05, 0.1) is 17.7 Å². The minimum Gasteiger partial charge on any atom is -0.460 e. The van der Waals surface area contributed by atoms with Crippen LogP contribution >= 0.6 is 15.9 Å². The van der Waals surface area contributed by atoms with Crippen LogP contribution in [0.3, 0.4) is 0 Å². The lowest BCUT2D eigenvalue weighted by Crippen LogP contribution is -2.32. The van der Waals surface area contributed by atoms with Crippen LogP contribution in [0, 0.1) is 0 Å². The average molecular weight is 763 g/mol. The molecule has 4 aromatic rings. The molecule has 4 rings (SSSR count). The Bertz CT molecular complexity index is 1700. The van der Waals surface area contributed by atoms with E-state index >= 15 is 0 Å². The maximum Gasteiger partial charge on any atom is 0.407 e. The Hall–Kier alpha value is -4.78. The molecule has 1 amide bonds. The molecule has 0 unspecified atom stereocenters. The van der Waals surface area contributed by atoms with Gasteiger partial charge in [0.1, 0.15) is 11.2 Å². The number of esters is 1. The summed E-state index contributed by atoms with van der Waals surface area (Å²) in [4.78, 5) is 39.5. The van der Waals surface area contributed by atoms with Crippen LogP contribution in [0.5, 0.6) is 0 Å². The molecule has 0 saturated heterocycles. The number of nitrogens with zero attached hydrogens (tertiary/aromatic N) is 4. The highest BCUT2D eigenvalue weighted by Crippen LogP contribution is 2.18. The summed E-state index contributed by atoms with van der Waals surface area (Å²) in [7, 11) is 0. The van der Waals surface area contributed by atoms with Gasteiger partial charge in [0.2, 0.25) is 0 Å². The number of amides is 1. The first-order chi connectivity index (χ1) is 24.1. The molecule has 51 heavy (non-hydrogen) atoms. The molecule has 2 aromatic heterocycles. The van der Waals surface area contributed by atoms with Crippen molar-refractivity contribution in [2.75, 3.05) is 6.54 Å². The van der Waals surface area contributed by atoms with Crippen LogP contribution < -0.4 is 5.32 Å². The van der Waals surface area contributed by atoms with Gasteiger partial charge in [-0.3, -0.25) is 4.79 Å². The van der Waals surface area contributed by atoms with E-state index < -0.39 is 11.7 Å². The quantitative estimate of drug-likeness (QED) is 0.107. The van der Waals surface area contributed by atoms with E-state index in [1.807, 2.05) is 96.1 Å². The summed E-state index contributed by atoms with van der Waals surface area (Å²) in [5.74, 6) is 1.10. The third kappa shape index (κ3) is 18.2. The fourth-order valence-electron chi connectivity index (χ4n) is 3.92. The maximum atomic E-state index is 11.5. The SMILES string of the molecule is C=CCCC(=O)OC(C)(C)C.CC(C)(C)OC(=O)NC/C=C/c1cnc(-c2cccc(CO)c2)nc1.OCc1cccc(-c2ncc(Br)cn2)c1. The summed E-state index contributed by atoms with van der Waals surface area (Å²) in [6.45, 7) is 14.9. The van der Waals surface area contributed by atoms with Crippen LogP contribution in [0.2, 0.25) is 0 Å². The Morgan fingerprint density at radius 1 is 0.804 bits per heavy atom. The fraction of sp³-hybridized carbons (Fsp3) is 0.333. The van der Waals surface area contributed by atoms with Crippen LogP contribution in [0.25, 0.3) is 28.9 Å². The van der Waals surface area contributed by atoms with Crippen molar-refractivity contribution in [1.82, 2.24) is 25.3 Å². The Morgan fingerprint density at radius 3 is 1.75 bits per heavy atom. The molecule has 11 nitrogen and oxygen atoms in total. The molecule has 0 radical (unpaired) electrons. The number of allylic oxidation sites excluding steroid dienone is 1. The van der Waals surface area contributed by atoms with Crippen molar-refractivity contribution < 1.29 is 29.3 Å². The highest BCUT2D eigenvalue weighted by molar-refractivity contribution is 9.10. The summed E-state index contributed by atoms with van der Waals surface area (Å²) < 4.78 is 11.1. The number of hydrogen-bond donors (Lipinski definition) is 3. The number of hydrogen-bond acceptors (Lipinski definition) is 10. The molecular weight excluding hydrogens is 714 g/mol. The van der Waals surface area contributed by atoms with Crippen molar-refractivity contribution in [3.05, 3.63) is 113 Å². The van der Waals surface area contributed by atoms with E-state index in [1.54, 1.807) is 36.9 Å². The second kappa shape index (κ2) is 21.4. The van der Waals surface area contributed by atoms with E-state index in [-0.39, 0.29) is 24.8 Å². The Labute approximate surface area is 309 Å². The van der Waals surface area contributed by atoms with Crippen molar-refractivity contribution in [2.24, 2.45) is 0 Å². The van der Waals surface area contributed by atoms with Gasteiger partial charge in [-0.25, -0.2) is 24.7 Å². The average Bonchev–Trinajstić information content (AvgIpc) is 3.09. The smallest absolute Gasteiger partial charge is 0.407 e. The highest BCUT2D eigenvalue weighted by atomic mass is 79.9. The highest BCUT2D eigenvalue weighted by Gasteiger charge is 2.16. The van der Waals surface area contributed by atoms with Gasteiger partial charge in [-0.05, 0) is 87.2 Å². The number of aliphatic hydroxyl groups is 2. The molecule has 12 heteroatoms. The van der Waals surface area contributed by atoms with E-state index in [2.05, 4.69) is 47.8 Å². The molecule has 2 aromatic carbocycles. The summed E-state index contributed by atoms with van der Waals surface area (Å²) in [6.07, 6.45) is 12.8. The van der Waals surface area contributed by atoms with Gasteiger partial charge >= 0.3 is 12.1 Å². The second-order valence-corrected chi connectivity index (χ2v) is 13.9. The first-order valence-electron chi connectivity index (χ1n) is 16.3. The largest absolute Gasteiger partial charge is 0.460 e. The van der Waals surface area contributed by atoms with Crippen LogP contribution in [0.15, 0.2) is 96.5 Å². The lowest BCUT2D eigenvalue weighted by molar-refractivity contribution is -0.154. The predicted octanol–water partition coefficient (Wildman–Crippen LogP) is 7.87. The molecule has 0 atom stereocenters. The van der Waals surface area contributed by atoms with E-state index in [9.17, 15) is 14.7 Å². The normalized spacial score (nSPS) is 11.0. The number of alkyl carbamates (subject to hydrolysis) is 1. The topological polar surface area (TPSA) is 157 Å². The van der Waals surface area contributed by atoms with Crippen molar-refractivity contribution >= 4 is 34.1 Å². The third-order valence-corrected chi connectivity index (χ3v) is 6.48. The standard InChI is InChI=1S/C19H23N3O3.C11H9BrN2O.C9H16O2/c1-19(2,3)25-18(24)20-9-5-7-15-11-21-17(22-12-15)16-8-4-6-14(10-16)13-23;12-10-5-13-11(14-6-10)9-3-1-2-8(4-9)7-15;1-5-6-7-8(10)11-9(2,3)4/h4-8,10-12,23H,9,13H2,1-3H3,(H,20,24);1-6,15H,7H2;5H,1,6-7H2,2-4H3/b7-5+;;. The summed E-state index contributed by atoms with van der Waals surface area (Å²) in [6, 6.07) is 15.0. The van der Waals surface area contributed by atoms with E-state index in [0.29, 0.717) is 31.0 Å². The minimum atomic E-state index is -0.509. The number of aliphatic hydroxyl groups excluding tert-OH is 2. The fourth-order valence-corrected chi connectivity index (χ4v) is 4.12. The Kier molecular flexibility index (Phi) is 17.8. The van der Waals surface area contributed by atoms with E-state index in [0.717, 1.165) is 32.3 Å². The number of aromatic nitrogens is 4. The van der Waals surface area contributed by atoms with Gasteiger partial charge in [-0.2, -0.15) is 0 Å². The monoisotopic (exact) mass is 761 g/mol. The van der Waals surface area contributed by atoms with Gasteiger partial charge in [-0.1, -0.05) is 54.6 Å². The zero-order valence-corrected chi connectivity index (χ0v) is 31.7. The Balaban J connectivity index is 0.000000294. The summed E-state index contributed by atoms with van der Waals surface area (Å²) in [5, 5.41) is 20.8. The lowest BCUT2D eigenvalue weighted by Gasteiger charge is -2.19. The molecule has 0 saturated carbocycles. The number of carbonyl (C=O) groups is 2. The summed E-state index contributed by atoms with van der Waals surface area (Å²) in [5.41, 5.74) is 3.40. The van der Waals surface area contributed by atoms with Crippen LogP contribution in [0.1, 0.15) is 71.1 Å². The molecule has 0 aliphatic carbocycles. The number of carbonyl (C=O) groups excluding carboxylic acids is 2. The first-order valence-corrected chi connectivity index (χ1v) is 17.1. The number of halogens is 1. The van der Waals surface area contributed by atoms with E-state index in [4.69, 9.17) is 14.6 Å². The molecule has 3 N–H and O–H groups in total. The zero-order chi connectivity index (χ0) is 37.9. The molecule has 2 heterocycles. The number of benzene rings is 2. The molecule has 0 aliphatic rings. The first kappa shape index (κ1) is 42.4. The summed E-state index contributed by atoms with van der Waals surface area (Å²) >= 11 is 3.28. The van der Waals surface area contributed by atoms with Crippen LogP contribution in [0.4, 0.5) is 4.79 Å². The van der Waals surface area contributed by atoms with Crippen molar-refractivity contribution in [3.63, 3.8) is 0 Å². The number of nitrogens with one attached hydrogen (secondary N) is 1. The second-order valence-electron chi connectivity index (χ2n) is 13.0. The molecule has 0 aliphatic heterocycles. The Morgan fingerprint density at radius 2 is 1.29 bits per heavy atom. The minimum absolute atomic E-state index is 0.0146. The molecular formula is C39H48BrN5O6. The van der Waals surface area contributed by atoms with E-state index in [1.165, 1.54) is 0 Å². The predicted molar refractivity (Wildman–Crippen MR) is 203 cm³/mol. The van der Waals surface area contributed by atoms with Crippen LogP contribution in [-0.2, 0) is 27.5 Å². The maximum absolute atomic E-state index is 11.5. The molecule has 272 valence electrons. The van der Waals surface area contributed by atoms with Gasteiger partial charge in [0.25, 0.3) is 0 Å². The van der Waals surface area contributed by atoms with Crippen molar-refractivity contribution in [3.8, 4) is 22.8 Å². The lowest BCUT2D eigenvalue weighted by atomic mass is 10.1. The zero-order valence-electron chi connectivity index (χ0n) is 30.1. The van der Waals surface area contributed by atoms with Gasteiger partial charge in [0, 0.05) is 54.4 Å². The van der Waals surface area contributed by atoms with Gasteiger partial charge in [-0.15, -0.1) is 6.58 Å². The molecule has 0 bridgehead atoms. The molecule has 0 spiro atoms. The number of rotatable bonds is 10. The van der Waals surface area contributed by atoms with Crippen molar-refractivity contribution in [2.45, 2.75) is 78.8 Å². The van der Waals surface area contributed by atoms with Crippen LogP contribution in [-0.4, -0.2) is 60.0 Å². The molecule has 0 fully saturated rings. The van der Waals surface area contributed by atoms with Gasteiger partial charge < -0.3 is 25.0 Å².